The second kappa shape index (κ2) is 7.23. The summed E-state index contributed by atoms with van der Waals surface area (Å²) in [5.41, 5.74) is 5.36. The zero-order valence-corrected chi connectivity index (χ0v) is 18.2. The van der Waals surface area contributed by atoms with E-state index >= 15 is 0 Å². The first kappa shape index (κ1) is 18.1. The van der Waals surface area contributed by atoms with Crippen molar-refractivity contribution in [3.63, 3.8) is 0 Å². The molecule has 1 aliphatic rings. The Morgan fingerprint density at radius 2 is 0.613 bits per heavy atom. The fourth-order valence-corrected chi connectivity index (χ4v) is 10.5. The van der Waals surface area contributed by atoms with E-state index in [9.17, 15) is 0 Å². The molecule has 0 saturated heterocycles. The molecule has 1 heterocycles. The summed E-state index contributed by atoms with van der Waals surface area (Å²) in [6, 6.07) is 49.4. The molecule has 0 aliphatic carbocycles. The molecule has 0 atom stereocenters. The lowest BCUT2D eigenvalue weighted by Crippen LogP contribution is -2.75. The molecular weight excluding hydrogens is 388 g/mol. The molecule has 0 fully saturated rings. The average molecular weight is 411 g/mol. The smallest absolute Gasteiger partial charge is 0.0623 e. The van der Waals surface area contributed by atoms with E-state index in [4.69, 9.17) is 0 Å². The highest BCUT2D eigenvalue weighted by atomic mass is 28.3. The van der Waals surface area contributed by atoms with E-state index in [0.29, 0.717) is 0 Å². The number of fused-ring (bicyclic) bond motifs is 5. The molecule has 0 radical (unpaired) electrons. The monoisotopic (exact) mass is 410 g/mol. The summed E-state index contributed by atoms with van der Waals surface area (Å²) in [4.78, 5) is 0. The lowest BCUT2D eigenvalue weighted by molar-refractivity contribution is 1.62. The van der Waals surface area contributed by atoms with Crippen LogP contribution in [0.2, 0.25) is 0 Å². The van der Waals surface area contributed by atoms with Gasteiger partial charge in [-0.3, -0.25) is 0 Å². The number of benzene rings is 5. The lowest BCUT2D eigenvalue weighted by Gasteiger charge is -2.35. The quantitative estimate of drug-likeness (QED) is 0.363. The van der Waals surface area contributed by atoms with Gasteiger partial charge in [-0.05, 0) is 43.0 Å². The predicted molar refractivity (Wildman–Crippen MR) is 134 cm³/mol. The topological polar surface area (TPSA) is 0 Å². The van der Waals surface area contributed by atoms with Gasteiger partial charge in [-0.25, -0.2) is 0 Å². The third kappa shape index (κ3) is 2.60. The minimum atomic E-state index is -2.52. The third-order valence-electron chi connectivity index (χ3n) is 6.58. The van der Waals surface area contributed by atoms with Crippen LogP contribution in [-0.4, -0.2) is 8.07 Å². The first-order chi connectivity index (χ1) is 15.4. The van der Waals surface area contributed by atoms with Gasteiger partial charge in [0.2, 0.25) is 0 Å². The molecule has 0 N–H and O–H groups in total. The van der Waals surface area contributed by atoms with Crippen molar-refractivity contribution in [2.24, 2.45) is 0 Å². The van der Waals surface area contributed by atoms with Crippen LogP contribution in [-0.2, 0) is 0 Å². The second-order valence-corrected chi connectivity index (χ2v) is 11.9. The molecule has 1 aliphatic heterocycles. The Labute approximate surface area is 184 Å². The molecule has 0 unspecified atom stereocenters. The van der Waals surface area contributed by atoms with Gasteiger partial charge < -0.3 is 0 Å². The van der Waals surface area contributed by atoms with Crippen LogP contribution < -0.4 is 20.7 Å². The molecule has 0 nitrogen and oxygen atoms in total. The molecule has 1 heteroatoms. The van der Waals surface area contributed by atoms with Crippen LogP contribution >= 0.6 is 0 Å². The van der Waals surface area contributed by atoms with E-state index in [1.807, 2.05) is 0 Å². The third-order valence-corrected chi connectivity index (χ3v) is 11.5. The van der Waals surface area contributed by atoms with Gasteiger partial charge in [0.1, 0.15) is 0 Å². The molecule has 0 aromatic heterocycles. The van der Waals surface area contributed by atoms with E-state index in [1.165, 1.54) is 43.0 Å². The van der Waals surface area contributed by atoms with Gasteiger partial charge in [-0.2, -0.15) is 0 Å². The van der Waals surface area contributed by atoms with Gasteiger partial charge in [-0.15, -0.1) is 0 Å². The molecular formula is C30H22Si. The van der Waals surface area contributed by atoms with E-state index in [-0.39, 0.29) is 0 Å². The van der Waals surface area contributed by atoms with Crippen LogP contribution in [0.3, 0.4) is 0 Å². The normalized spacial score (nSPS) is 13.4. The van der Waals surface area contributed by atoms with Gasteiger partial charge in [0, 0.05) is 0 Å². The molecule has 146 valence electrons. The van der Waals surface area contributed by atoms with Gasteiger partial charge in [0.15, 0.2) is 8.07 Å². The van der Waals surface area contributed by atoms with Gasteiger partial charge in [-0.1, -0.05) is 133 Å². The van der Waals surface area contributed by atoms with E-state index in [2.05, 4.69) is 133 Å². The molecule has 0 saturated carbocycles. The summed E-state index contributed by atoms with van der Waals surface area (Å²) >= 11 is 0. The van der Waals surface area contributed by atoms with Gasteiger partial charge in [0.05, 0.1) is 0 Å². The van der Waals surface area contributed by atoms with E-state index in [1.54, 1.807) is 0 Å². The Morgan fingerprint density at radius 3 is 1.03 bits per heavy atom. The summed E-state index contributed by atoms with van der Waals surface area (Å²) < 4.78 is 0. The fourth-order valence-electron chi connectivity index (χ4n) is 5.35. The van der Waals surface area contributed by atoms with Crippen LogP contribution in [0.15, 0.2) is 133 Å². The van der Waals surface area contributed by atoms with Crippen LogP contribution in [0.4, 0.5) is 0 Å². The highest BCUT2D eigenvalue weighted by Gasteiger charge is 2.45. The zero-order chi connectivity index (χ0) is 20.7. The average Bonchev–Trinajstić information content (AvgIpc) is 2.97. The number of hydrogen-bond acceptors (Lipinski definition) is 0. The van der Waals surface area contributed by atoms with Crippen molar-refractivity contribution >= 4 is 28.8 Å². The van der Waals surface area contributed by atoms with Crippen molar-refractivity contribution in [2.75, 3.05) is 0 Å². The highest BCUT2D eigenvalue weighted by molar-refractivity contribution is 7.21. The van der Waals surface area contributed by atoms with Gasteiger partial charge >= 0.3 is 0 Å². The molecule has 31 heavy (non-hydrogen) atoms. The largest absolute Gasteiger partial charge is 0.180 e. The van der Waals surface area contributed by atoms with Crippen molar-refractivity contribution in [1.29, 1.82) is 0 Å². The van der Waals surface area contributed by atoms with Crippen LogP contribution in [0.25, 0.3) is 22.3 Å². The second-order valence-electron chi connectivity index (χ2n) is 8.12. The van der Waals surface area contributed by atoms with Crippen molar-refractivity contribution in [1.82, 2.24) is 0 Å². The Hall–Kier alpha value is -3.68. The minimum Gasteiger partial charge on any atom is -0.0623 e. The van der Waals surface area contributed by atoms with Crippen LogP contribution in [0.5, 0.6) is 0 Å². The van der Waals surface area contributed by atoms with Gasteiger partial charge in [0.25, 0.3) is 0 Å². The molecule has 0 bridgehead atoms. The molecule has 6 rings (SSSR count). The molecule has 0 amide bonds. The van der Waals surface area contributed by atoms with Crippen molar-refractivity contribution in [2.45, 2.75) is 0 Å². The minimum absolute atomic E-state index is 1.33. The summed E-state index contributed by atoms with van der Waals surface area (Å²) in [7, 11) is -2.52. The van der Waals surface area contributed by atoms with Crippen LogP contribution in [0.1, 0.15) is 0 Å². The number of rotatable bonds is 2. The van der Waals surface area contributed by atoms with E-state index in [0.717, 1.165) is 0 Å². The lowest BCUT2D eigenvalue weighted by atomic mass is 9.95. The molecule has 5 aromatic rings. The summed E-state index contributed by atoms with van der Waals surface area (Å²) in [5, 5.41) is 5.78. The zero-order valence-electron chi connectivity index (χ0n) is 17.2. The maximum atomic E-state index is 2.38. The molecule has 0 spiro atoms. The van der Waals surface area contributed by atoms with Crippen molar-refractivity contribution in [3.05, 3.63) is 133 Å². The highest BCUT2D eigenvalue weighted by Crippen LogP contribution is 2.35. The number of hydrogen-bond donors (Lipinski definition) is 0. The summed E-state index contributed by atoms with van der Waals surface area (Å²) in [6.45, 7) is 0. The Morgan fingerprint density at radius 1 is 0.290 bits per heavy atom. The predicted octanol–water partition coefficient (Wildman–Crippen LogP) is 4.71. The maximum absolute atomic E-state index is 2.52. The summed E-state index contributed by atoms with van der Waals surface area (Å²) in [5.74, 6) is 0. The SMILES string of the molecule is c1ccc([Si]2(c3ccccc3)c3ccccc3-c3ccccc3-c3ccccc32)cc1. The Kier molecular flexibility index (Phi) is 4.22. The van der Waals surface area contributed by atoms with Crippen molar-refractivity contribution in [3.8, 4) is 22.3 Å². The first-order valence-corrected chi connectivity index (χ1v) is 12.8. The van der Waals surface area contributed by atoms with Crippen LogP contribution in [0, 0.1) is 0 Å². The Bertz CT molecular complexity index is 1260. The van der Waals surface area contributed by atoms with E-state index < -0.39 is 8.07 Å². The summed E-state index contributed by atoms with van der Waals surface area (Å²) in [6.07, 6.45) is 0. The fraction of sp³-hybridized carbons (Fsp3) is 0. The first-order valence-electron chi connectivity index (χ1n) is 10.8. The molecule has 5 aromatic carbocycles. The van der Waals surface area contributed by atoms with Crippen molar-refractivity contribution < 1.29 is 0 Å². The maximum Gasteiger partial charge on any atom is 0.180 e. The standard InChI is InChI=1S/C30H22Si/c1-3-13-23(14-4-1)31(24-15-5-2-6-16-24)29-21-11-9-19-27(29)25-17-7-8-18-26(25)28-20-10-12-22-30(28)31/h1-22H. The Balaban J connectivity index is 1.89.